The predicted molar refractivity (Wildman–Crippen MR) is 215 cm³/mol. The van der Waals surface area contributed by atoms with E-state index in [1.807, 2.05) is 11.3 Å². The van der Waals surface area contributed by atoms with Gasteiger partial charge in [0.1, 0.15) is 4.83 Å². The molecule has 3 aromatic heterocycles. The van der Waals surface area contributed by atoms with Crippen LogP contribution in [0.25, 0.3) is 96.5 Å². The van der Waals surface area contributed by atoms with Crippen molar-refractivity contribution < 1.29 is 0 Å². The first-order valence-electron chi connectivity index (χ1n) is 16.7. The summed E-state index contributed by atoms with van der Waals surface area (Å²) >= 11 is 3.60. The van der Waals surface area contributed by atoms with Crippen LogP contribution in [0.2, 0.25) is 0 Å². The first-order valence-corrected chi connectivity index (χ1v) is 18.4. The number of hydrogen-bond acceptors (Lipinski definition) is 4. The quantitative estimate of drug-likeness (QED) is 0.182. The fourth-order valence-electron chi connectivity index (χ4n) is 7.09. The van der Waals surface area contributed by atoms with Crippen LogP contribution < -0.4 is 0 Å². The fourth-order valence-corrected chi connectivity index (χ4v) is 9.41. The molecule has 0 amide bonds. The predicted octanol–water partition coefficient (Wildman–Crippen LogP) is 13.5. The van der Waals surface area contributed by atoms with Crippen LogP contribution in [0.3, 0.4) is 0 Å². The molecule has 0 fully saturated rings. The molecule has 0 radical (unpaired) electrons. The standard InChI is InChI=1S/C46H28N2S2/c1-3-12-29(13-4-1)33-26-34(30-22-24-31(25-23-30)36-18-11-19-38-37-16-7-9-20-40(37)49-44(36)38)28-35(27-33)45-47-43(32-14-5-2-6-15-32)42-39-17-8-10-21-41(39)50-46(42)48-45/h1-28H. The van der Waals surface area contributed by atoms with E-state index >= 15 is 0 Å². The Morgan fingerprint density at radius 2 is 0.920 bits per heavy atom. The lowest BCUT2D eigenvalue weighted by Gasteiger charge is -2.13. The van der Waals surface area contributed by atoms with Crippen LogP contribution in [-0.2, 0) is 0 Å². The smallest absolute Gasteiger partial charge is 0.161 e. The third kappa shape index (κ3) is 4.92. The Morgan fingerprint density at radius 1 is 0.360 bits per heavy atom. The third-order valence-corrected chi connectivity index (χ3v) is 11.8. The summed E-state index contributed by atoms with van der Waals surface area (Å²) in [6.45, 7) is 0. The van der Waals surface area contributed by atoms with Crippen molar-refractivity contribution in [1.29, 1.82) is 0 Å². The van der Waals surface area contributed by atoms with Crippen molar-refractivity contribution in [3.05, 3.63) is 170 Å². The van der Waals surface area contributed by atoms with Crippen LogP contribution in [0.5, 0.6) is 0 Å². The summed E-state index contributed by atoms with van der Waals surface area (Å²) in [6, 6.07) is 60.8. The van der Waals surface area contributed by atoms with Gasteiger partial charge in [-0.1, -0.05) is 140 Å². The van der Waals surface area contributed by atoms with Gasteiger partial charge in [0.15, 0.2) is 5.82 Å². The summed E-state index contributed by atoms with van der Waals surface area (Å²) < 4.78 is 3.87. The summed E-state index contributed by atoms with van der Waals surface area (Å²) in [5.74, 6) is 0.731. The van der Waals surface area contributed by atoms with Gasteiger partial charge in [0.25, 0.3) is 0 Å². The molecule has 0 saturated carbocycles. The molecule has 0 N–H and O–H groups in total. The highest BCUT2D eigenvalue weighted by Crippen LogP contribution is 2.42. The van der Waals surface area contributed by atoms with Gasteiger partial charge in [-0.15, -0.1) is 22.7 Å². The molecule has 0 bridgehead atoms. The molecule has 0 aliphatic carbocycles. The lowest BCUT2D eigenvalue weighted by molar-refractivity contribution is 1.24. The van der Waals surface area contributed by atoms with Gasteiger partial charge in [-0.25, -0.2) is 9.97 Å². The van der Waals surface area contributed by atoms with Gasteiger partial charge in [0.2, 0.25) is 0 Å². The minimum absolute atomic E-state index is 0.731. The van der Waals surface area contributed by atoms with Crippen molar-refractivity contribution in [2.24, 2.45) is 0 Å². The molecule has 0 aliphatic heterocycles. The lowest BCUT2D eigenvalue weighted by atomic mass is 9.94. The first-order chi connectivity index (χ1) is 24.8. The number of hydrogen-bond donors (Lipinski definition) is 0. The Bertz CT molecular complexity index is 2850. The zero-order chi connectivity index (χ0) is 33.0. The van der Waals surface area contributed by atoms with Crippen molar-refractivity contribution in [2.45, 2.75) is 0 Å². The molecule has 7 aromatic carbocycles. The molecule has 0 atom stereocenters. The van der Waals surface area contributed by atoms with Crippen LogP contribution in [-0.4, -0.2) is 9.97 Å². The van der Waals surface area contributed by atoms with Gasteiger partial charge < -0.3 is 0 Å². The minimum atomic E-state index is 0.731. The second kappa shape index (κ2) is 11.9. The fraction of sp³-hybridized carbons (Fsp3) is 0. The number of benzene rings is 7. The summed E-state index contributed by atoms with van der Waals surface area (Å²) in [7, 11) is 0. The maximum Gasteiger partial charge on any atom is 0.161 e. The molecule has 10 aromatic rings. The van der Waals surface area contributed by atoms with E-state index in [9.17, 15) is 0 Å². The third-order valence-electron chi connectivity index (χ3n) is 9.52. The van der Waals surface area contributed by atoms with Gasteiger partial charge >= 0.3 is 0 Å². The summed E-state index contributed by atoms with van der Waals surface area (Å²) in [5, 5.41) is 4.95. The number of thiophene rings is 2. The number of aromatic nitrogens is 2. The molecule has 2 nitrogen and oxygen atoms in total. The van der Waals surface area contributed by atoms with E-state index in [1.165, 1.54) is 41.4 Å². The molecule has 0 unspecified atom stereocenters. The number of fused-ring (bicyclic) bond motifs is 6. The molecule has 0 spiro atoms. The second-order valence-corrected chi connectivity index (χ2v) is 14.6. The zero-order valence-electron chi connectivity index (χ0n) is 26.9. The Balaban J connectivity index is 1.14. The Hall–Kier alpha value is -5.94. The largest absolute Gasteiger partial charge is 0.227 e. The Kier molecular flexibility index (Phi) is 6.90. The van der Waals surface area contributed by atoms with Gasteiger partial charge in [-0.05, 0) is 63.7 Å². The number of rotatable bonds is 5. The first kappa shape index (κ1) is 29.0. The minimum Gasteiger partial charge on any atom is -0.227 e. The molecule has 0 aliphatic rings. The Morgan fingerprint density at radius 3 is 1.66 bits per heavy atom. The Labute approximate surface area is 297 Å². The van der Waals surface area contributed by atoms with E-state index in [0.29, 0.717) is 0 Å². The van der Waals surface area contributed by atoms with Gasteiger partial charge in [-0.3, -0.25) is 0 Å². The average Bonchev–Trinajstić information content (AvgIpc) is 3.77. The summed E-state index contributed by atoms with van der Waals surface area (Å²) in [5.41, 5.74) is 10.1. The maximum atomic E-state index is 5.33. The van der Waals surface area contributed by atoms with Gasteiger partial charge in [0, 0.05) is 46.8 Å². The molecule has 3 heterocycles. The second-order valence-electron chi connectivity index (χ2n) is 12.6. The van der Waals surface area contributed by atoms with Crippen LogP contribution in [0.1, 0.15) is 0 Å². The van der Waals surface area contributed by atoms with Crippen LogP contribution in [0, 0.1) is 0 Å². The van der Waals surface area contributed by atoms with Crippen molar-refractivity contribution in [3.63, 3.8) is 0 Å². The van der Waals surface area contributed by atoms with Gasteiger partial charge in [0.05, 0.1) is 5.69 Å². The van der Waals surface area contributed by atoms with Gasteiger partial charge in [-0.2, -0.15) is 0 Å². The van der Waals surface area contributed by atoms with E-state index in [-0.39, 0.29) is 0 Å². The van der Waals surface area contributed by atoms with Crippen molar-refractivity contribution >= 4 is 63.1 Å². The highest BCUT2D eigenvalue weighted by Gasteiger charge is 2.18. The maximum absolute atomic E-state index is 5.33. The molecule has 234 valence electrons. The van der Waals surface area contributed by atoms with E-state index in [1.54, 1.807) is 11.3 Å². The van der Waals surface area contributed by atoms with E-state index in [2.05, 4.69) is 170 Å². The van der Waals surface area contributed by atoms with Crippen LogP contribution in [0.15, 0.2) is 170 Å². The van der Waals surface area contributed by atoms with Crippen molar-refractivity contribution in [3.8, 4) is 56.0 Å². The van der Waals surface area contributed by atoms with Crippen molar-refractivity contribution in [1.82, 2.24) is 9.97 Å². The van der Waals surface area contributed by atoms with E-state index in [4.69, 9.17) is 9.97 Å². The van der Waals surface area contributed by atoms with Crippen LogP contribution >= 0.6 is 22.7 Å². The highest BCUT2D eigenvalue weighted by atomic mass is 32.1. The highest BCUT2D eigenvalue weighted by molar-refractivity contribution is 7.26. The molecular weight excluding hydrogens is 645 g/mol. The normalized spacial score (nSPS) is 11.6. The van der Waals surface area contributed by atoms with Crippen molar-refractivity contribution in [2.75, 3.05) is 0 Å². The average molecular weight is 673 g/mol. The monoisotopic (exact) mass is 672 g/mol. The topological polar surface area (TPSA) is 25.8 Å². The summed E-state index contributed by atoms with van der Waals surface area (Å²) in [4.78, 5) is 11.6. The lowest BCUT2D eigenvalue weighted by Crippen LogP contribution is -1.95. The molecule has 10 rings (SSSR count). The zero-order valence-corrected chi connectivity index (χ0v) is 28.5. The van der Waals surface area contributed by atoms with E-state index < -0.39 is 0 Å². The molecule has 0 saturated heterocycles. The van der Waals surface area contributed by atoms with E-state index in [0.717, 1.165) is 55.1 Å². The number of nitrogens with zero attached hydrogens (tertiary/aromatic N) is 2. The molecule has 4 heteroatoms. The SMILES string of the molecule is c1ccc(-c2cc(-c3ccc(-c4cccc5c4sc4ccccc45)cc3)cc(-c3nc(-c4ccccc4)c4c(n3)sc3ccccc34)c2)cc1. The summed E-state index contributed by atoms with van der Waals surface area (Å²) in [6.07, 6.45) is 0. The molecular formula is C46H28N2S2. The van der Waals surface area contributed by atoms with Crippen LogP contribution in [0.4, 0.5) is 0 Å². The molecule has 50 heavy (non-hydrogen) atoms.